The number of aliphatic carboxylic acids is 1. The number of nitrogens with one attached hydrogen (secondary N) is 5. The summed E-state index contributed by atoms with van der Waals surface area (Å²) in [6.07, 6.45) is 6.66. The van der Waals surface area contributed by atoms with Gasteiger partial charge in [-0.3, -0.25) is 14.4 Å². The Morgan fingerprint density at radius 3 is 2.11 bits per heavy atom. The molecule has 1 heterocycles. The highest BCUT2D eigenvalue weighted by Gasteiger charge is 2.30. The third-order valence-corrected chi connectivity index (χ3v) is 5.46. The fourth-order valence-corrected chi connectivity index (χ4v) is 3.27. The lowest BCUT2D eigenvalue weighted by molar-refractivity contribution is -0.140. The first kappa shape index (κ1) is 29.7. The molecule has 0 aromatic heterocycles. The van der Waals surface area contributed by atoms with Crippen LogP contribution in [-0.2, 0) is 19.2 Å². The van der Waals surface area contributed by atoms with Gasteiger partial charge in [0.05, 0.1) is 0 Å². The van der Waals surface area contributed by atoms with Gasteiger partial charge < -0.3 is 31.7 Å². The molecule has 4 atom stereocenters. The standard InChI is InChI=1S/C24H39N5O6/c1-13(2)16-10-11-18(30)25-12-8-7-9-17(21(31)26-16)27-22(32)19(14(3)4)28-24(35)29-20(15(5)6)23(33)34/h7,9-11,13-17,19-20H,8,12H2,1-6H3,(H,25,30)(H,26,31)(H,27,32)(H,33,34)(H2,28,29,35)/b9-7-,11-10+/t16-,17?,19+,20+/m1/s1. The molecule has 11 nitrogen and oxygen atoms in total. The summed E-state index contributed by atoms with van der Waals surface area (Å²) in [5.74, 6) is -3.20. The van der Waals surface area contributed by atoms with Crippen molar-refractivity contribution in [3.63, 3.8) is 0 Å². The monoisotopic (exact) mass is 493 g/mol. The molecule has 5 amide bonds. The normalized spacial score (nSPS) is 22.7. The fraction of sp³-hybridized carbons (Fsp3) is 0.625. The lowest BCUT2D eigenvalue weighted by atomic mass is 10.0. The molecule has 0 aromatic carbocycles. The van der Waals surface area contributed by atoms with Crippen LogP contribution in [0.4, 0.5) is 4.79 Å². The Labute approximate surface area is 206 Å². The van der Waals surface area contributed by atoms with Crippen LogP contribution in [0.2, 0.25) is 0 Å². The number of urea groups is 1. The van der Waals surface area contributed by atoms with Crippen molar-refractivity contribution in [3.8, 4) is 0 Å². The Morgan fingerprint density at radius 2 is 1.57 bits per heavy atom. The zero-order chi connectivity index (χ0) is 26.7. The first-order valence-corrected chi connectivity index (χ1v) is 11.9. The number of hydrogen-bond donors (Lipinski definition) is 6. The molecule has 1 rings (SSSR count). The summed E-state index contributed by atoms with van der Waals surface area (Å²) in [4.78, 5) is 61.7. The Kier molecular flexibility index (Phi) is 12.0. The van der Waals surface area contributed by atoms with E-state index >= 15 is 0 Å². The molecule has 11 heteroatoms. The molecule has 0 bridgehead atoms. The van der Waals surface area contributed by atoms with Crippen molar-refractivity contribution in [2.75, 3.05) is 6.54 Å². The first-order valence-electron chi connectivity index (χ1n) is 11.9. The van der Waals surface area contributed by atoms with Gasteiger partial charge >= 0.3 is 12.0 Å². The summed E-state index contributed by atoms with van der Waals surface area (Å²) in [6, 6.07) is -4.37. The van der Waals surface area contributed by atoms with Gasteiger partial charge in [-0.05, 0) is 24.2 Å². The summed E-state index contributed by atoms with van der Waals surface area (Å²) in [6.45, 7) is 10.9. The molecule has 1 aliphatic rings. The van der Waals surface area contributed by atoms with Crippen LogP contribution in [0.15, 0.2) is 24.3 Å². The van der Waals surface area contributed by atoms with Crippen LogP contribution >= 0.6 is 0 Å². The molecule has 0 saturated carbocycles. The molecule has 196 valence electrons. The highest BCUT2D eigenvalue weighted by atomic mass is 16.4. The number of carbonyl (C=O) groups excluding carboxylic acids is 4. The number of carbonyl (C=O) groups is 5. The van der Waals surface area contributed by atoms with E-state index in [0.717, 1.165) is 0 Å². The number of rotatable bonds is 8. The summed E-state index contributed by atoms with van der Waals surface area (Å²) in [5, 5.41) is 22.4. The topological polar surface area (TPSA) is 166 Å². The van der Waals surface area contributed by atoms with Gasteiger partial charge in [-0.1, -0.05) is 59.8 Å². The molecule has 35 heavy (non-hydrogen) atoms. The first-order chi connectivity index (χ1) is 16.3. The second-order valence-electron chi connectivity index (χ2n) is 9.53. The predicted octanol–water partition coefficient (Wildman–Crippen LogP) is 0.677. The maximum atomic E-state index is 13.1. The smallest absolute Gasteiger partial charge is 0.326 e. The molecule has 0 aliphatic carbocycles. The van der Waals surface area contributed by atoms with Crippen LogP contribution in [0.25, 0.3) is 0 Å². The van der Waals surface area contributed by atoms with Gasteiger partial charge in [-0.25, -0.2) is 9.59 Å². The van der Waals surface area contributed by atoms with Gasteiger partial charge in [0, 0.05) is 18.7 Å². The summed E-state index contributed by atoms with van der Waals surface area (Å²) < 4.78 is 0. The van der Waals surface area contributed by atoms with Crippen LogP contribution in [0, 0.1) is 17.8 Å². The molecular formula is C24H39N5O6. The van der Waals surface area contributed by atoms with Gasteiger partial charge in [-0.2, -0.15) is 0 Å². The quantitative estimate of drug-likeness (QED) is 0.272. The van der Waals surface area contributed by atoms with E-state index < -0.39 is 48.0 Å². The summed E-state index contributed by atoms with van der Waals surface area (Å²) in [7, 11) is 0. The van der Waals surface area contributed by atoms with E-state index in [0.29, 0.717) is 13.0 Å². The van der Waals surface area contributed by atoms with Crippen molar-refractivity contribution in [1.82, 2.24) is 26.6 Å². The molecule has 0 saturated heterocycles. The van der Waals surface area contributed by atoms with Crippen molar-refractivity contribution in [3.05, 3.63) is 24.3 Å². The maximum absolute atomic E-state index is 13.1. The Morgan fingerprint density at radius 1 is 0.971 bits per heavy atom. The predicted molar refractivity (Wildman–Crippen MR) is 131 cm³/mol. The summed E-state index contributed by atoms with van der Waals surface area (Å²) >= 11 is 0. The van der Waals surface area contributed by atoms with Gasteiger partial charge in [0.25, 0.3) is 0 Å². The maximum Gasteiger partial charge on any atom is 0.326 e. The van der Waals surface area contributed by atoms with Crippen LogP contribution < -0.4 is 26.6 Å². The highest BCUT2D eigenvalue weighted by molar-refractivity contribution is 5.94. The van der Waals surface area contributed by atoms with E-state index in [9.17, 15) is 29.1 Å². The Bertz CT molecular complexity index is 836. The van der Waals surface area contributed by atoms with Gasteiger partial charge in [0.2, 0.25) is 17.7 Å². The van der Waals surface area contributed by atoms with Gasteiger partial charge in [0.1, 0.15) is 18.1 Å². The van der Waals surface area contributed by atoms with Crippen molar-refractivity contribution in [2.45, 2.75) is 72.1 Å². The SMILES string of the molecule is CC(C)[C@H](NC(=O)N[C@H](C(=O)NC1/C=C\CCNC(=O)/C=C/[C@H](C(C)C)NC1=O)C(C)C)C(=O)O. The molecule has 6 N–H and O–H groups in total. The van der Waals surface area contributed by atoms with Crippen molar-refractivity contribution in [2.24, 2.45) is 17.8 Å². The van der Waals surface area contributed by atoms with Crippen molar-refractivity contribution >= 4 is 29.7 Å². The summed E-state index contributed by atoms with van der Waals surface area (Å²) in [5.41, 5.74) is 0. The minimum atomic E-state index is -1.18. The highest BCUT2D eigenvalue weighted by Crippen LogP contribution is 2.08. The van der Waals surface area contributed by atoms with E-state index in [1.807, 2.05) is 13.8 Å². The molecule has 0 fully saturated rings. The average Bonchev–Trinajstić information content (AvgIpc) is 2.75. The third kappa shape index (κ3) is 10.2. The number of hydrogen-bond acceptors (Lipinski definition) is 5. The van der Waals surface area contributed by atoms with E-state index in [-0.39, 0.29) is 23.7 Å². The van der Waals surface area contributed by atoms with E-state index in [2.05, 4.69) is 26.6 Å². The van der Waals surface area contributed by atoms with E-state index in [1.54, 1.807) is 45.9 Å². The van der Waals surface area contributed by atoms with Crippen LogP contribution in [0.3, 0.4) is 0 Å². The molecule has 0 spiro atoms. The van der Waals surface area contributed by atoms with Crippen molar-refractivity contribution < 1.29 is 29.1 Å². The average molecular weight is 494 g/mol. The minimum absolute atomic E-state index is 0.0109. The van der Waals surface area contributed by atoms with Gasteiger partial charge in [0.15, 0.2) is 0 Å². The van der Waals surface area contributed by atoms with E-state index in [1.165, 1.54) is 6.08 Å². The molecular weight excluding hydrogens is 454 g/mol. The third-order valence-electron chi connectivity index (χ3n) is 5.46. The second-order valence-corrected chi connectivity index (χ2v) is 9.53. The molecule has 0 radical (unpaired) electrons. The number of carboxylic acid groups (broad SMARTS) is 1. The van der Waals surface area contributed by atoms with Crippen LogP contribution in [0.1, 0.15) is 48.0 Å². The van der Waals surface area contributed by atoms with Gasteiger partial charge in [-0.15, -0.1) is 0 Å². The van der Waals surface area contributed by atoms with E-state index in [4.69, 9.17) is 0 Å². The minimum Gasteiger partial charge on any atom is -0.480 e. The largest absolute Gasteiger partial charge is 0.480 e. The Balaban J connectivity index is 3.01. The molecule has 0 aromatic rings. The zero-order valence-corrected chi connectivity index (χ0v) is 21.3. The second kappa shape index (κ2) is 14.1. The fourth-order valence-electron chi connectivity index (χ4n) is 3.27. The van der Waals surface area contributed by atoms with Crippen LogP contribution in [-0.4, -0.2) is 65.5 Å². The van der Waals surface area contributed by atoms with Crippen LogP contribution in [0.5, 0.6) is 0 Å². The zero-order valence-electron chi connectivity index (χ0n) is 21.3. The Hall–Kier alpha value is -3.37. The van der Waals surface area contributed by atoms with Crippen molar-refractivity contribution in [1.29, 1.82) is 0 Å². The number of carboxylic acids is 1. The number of amides is 5. The lowest BCUT2D eigenvalue weighted by Crippen LogP contribution is -2.58. The lowest BCUT2D eigenvalue weighted by Gasteiger charge is -2.27. The molecule has 1 aliphatic heterocycles. The molecule has 1 unspecified atom stereocenters.